The quantitative estimate of drug-likeness (QED) is 0.350. The summed E-state index contributed by atoms with van der Waals surface area (Å²) in [5.74, 6) is -0.244. The maximum absolute atomic E-state index is 12.1. The normalized spacial score (nSPS) is 10.5. The number of hydrogen-bond acceptors (Lipinski definition) is 8. The molecular weight excluding hydrogens is 364 g/mol. The number of rotatable bonds is 5. The average molecular weight is 376 g/mol. The van der Waals surface area contributed by atoms with Crippen molar-refractivity contribution in [2.45, 2.75) is 0 Å². The fourth-order valence-corrected chi connectivity index (χ4v) is 2.36. The minimum absolute atomic E-state index is 0.0379. The van der Waals surface area contributed by atoms with Crippen LogP contribution in [0.25, 0.3) is 11.3 Å². The van der Waals surface area contributed by atoms with Crippen LogP contribution in [0, 0.1) is 21.4 Å². The number of aromatic nitrogens is 2. The molecule has 138 valence electrons. The standard InChI is InChI=1S/C18H12N6O4/c19-9-14-16(11-4-2-1-3-5-11)21-18(22-17(14)26)23-20-10-12-8-13(24(27)28)6-7-15(12)25/h1-8,10,25H,(H2,21,22,23,26). The second kappa shape index (κ2) is 7.79. The number of phenolic OH excluding ortho intramolecular Hbond substituents is 1. The summed E-state index contributed by atoms with van der Waals surface area (Å²) < 4.78 is 0. The molecule has 3 aromatic rings. The van der Waals surface area contributed by atoms with Gasteiger partial charge in [0.1, 0.15) is 17.4 Å². The van der Waals surface area contributed by atoms with Gasteiger partial charge in [0.05, 0.1) is 16.8 Å². The van der Waals surface area contributed by atoms with Crippen molar-refractivity contribution in [1.82, 2.24) is 9.97 Å². The summed E-state index contributed by atoms with van der Waals surface area (Å²) in [5.41, 5.74) is 2.34. The first-order valence-electron chi connectivity index (χ1n) is 7.86. The van der Waals surface area contributed by atoms with Crippen LogP contribution >= 0.6 is 0 Å². The minimum atomic E-state index is -0.646. The molecule has 0 atom stereocenters. The highest BCUT2D eigenvalue weighted by Crippen LogP contribution is 2.22. The predicted octanol–water partition coefficient (Wildman–Crippen LogP) is 2.37. The monoisotopic (exact) mass is 376 g/mol. The first-order valence-corrected chi connectivity index (χ1v) is 7.86. The molecule has 0 fully saturated rings. The summed E-state index contributed by atoms with van der Waals surface area (Å²) in [6.45, 7) is 0. The fourth-order valence-electron chi connectivity index (χ4n) is 2.36. The molecule has 1 aromatic heterocycles. The van der Waals surface area contributed by atoms with Crippen molar-refractivity contribution in [3.05, 3.63) is 80.1 Å². The first-order chi connectivity index (χ1) is 13.5. The molecule has 0 bridgehead atoms. The van der Waals surface area contributed by atoms with Gasteiger partial charge in [-0.25, -0.2) is 10.4 Å². The summed E-state index contributed by atoms with van der Waals surface area (Å²) >= 11 is 0. The van der Waals surface area contributed by atoms with Gasteiger partial charge < -0.3 is 5.11 Å². The molecule has 0 saturated heterocycles. The molecule has 0 unspecified atom stereocenters. The second-order valence-electron chi connectivity index (χ2n) is 5.49. The highest BCUT2D eigenvalue weighted by Gasteiger charge is 2.13. The molecule has 28 heavy (non-hydrogen) atoms. The molecule has 0 spiro atoms. The van der Waals surface area contributed by atoms with Gasteiger partial charge in [0.15, 0.2) is 0 Å². The van der Waals surface area contributed by atoms with Gasteiger partial charge in [-0.05, 0) is 6.07 Å². The van der Waals surface area contributed by atoms with Gasteiger partial charge in [-0.15, -0.1) is 0 Å². The maximum atomic E-state index is 12.1. The number of aromatic hydroxyl groups is 1. The van der Waals surface area contributed by atoms with E-state index in [0.29, 0.717) is 5.56 Å². The van der Waals surface area contributed by atoms with Crippen molar-refractivity contribution in [3.8, 4) is 23.1 Å². The Bertz CT molecular complexity index is 1160. The van der Waals surface area contributed by atoms with Crippen molar-refractivity contribution >= 4 is 17.9 Å². The van der Waals surface area contributed by atoms with E-state index in [1.807, 2.05) is 6.07 Å². The zero-order valence-corrected chi connectivity index (χ0v) is 14.2. The highest BCUT2D eigenvalue weighted by atomic mass is 16.6. The third-order valence-electron chi connectivity index (χ3n) is 3.67. The van der Waals surface area contributed by atoms with Gasteiger partial charge in [0.25, 0.3) is 11.2 Å². The molecule has 3 N–H and O–H groups in total. The topological polar surface area (TPSA) is 157 Å². The molecule has 10 heteroatoms. The third-order valence-corrected chi connectivity index (χ3v) is 3.67. The number of H-pyrrole nitrogens is 1. The van der Waals surface area contributed by atoms with Gasteiger partial charge >= 0.3 is 0 Å². The van der Waals surface area contributed by atoms with Crippen molar-refractivity contribution in [2.24, 2.45) is 5.10 Å². The van der Waals surface area contributed by atoms with Gasteiger partial charge in [-0.2, -0.15) is 10.4 Å². The molecule has 10 nitrogen and oxygen atoms in total. The van der Waals surface area contributed by atoms with Crippen LogP contribution in [0.5, 0.6) is 5.75 Å². The smallest absolute Gasteiger partial charge is 0.270 e. The predicted molar refractivity (Wildman–Crippen MR) is 101 cm³/mol. The first kappa shape index (κ1) is 18.3. The number of nitro benzene ring substituents is 1. The Kier molecular flexibility index (Phi) is 5.09. The average Bonchev–Trinajstić information content (AvgIpc) is 2.69. The van der Waals surface area contributed by atoms with E-state index in [0.717, 1.165) is 18.3 Å². The second-order valence-corrected chi connectivity index (χ2v) is 5.49. The number of nitriles is 1. The molecule has 0 radical (unpaired) electrons. The molecular formula is C18H12N6O4. The van der Waals surface area contributed by atoms with E-state index in [4.69, 9.17) is 0 Å². The van der Waals surface area contributed by atoms with Crippen molar-refractivity contribution in [1.29, 1.82) is 5.26 Å². The third kappa shape index (κ3) is 3.83. The van der Waals surface area contributed by atoms with Crippen LogP contribution in [0.3, 0.4) is 0 Å². The number of non-ortho nitro benzene ring substituents is 1. The zero-order valence-electron chi connectivity index (χ0n) is 14.2. The Morgan fingerprint density at radius 1 is 1.29 bits per heavy atom. The van der Waals surface area contributed by atoms with E-state index < -0.39 is 10.5 Å². The number of aromatic amines is 1. The van der Waals surface area contributed by atoms with Gasteiger partial charge in [0, 0.05) is 23.3 Å². The Hall–Kier alpha value is -4.52. The largest absolute Gasteiger partial charge is 0.507 e. The molecule has 0 aliphatic rings. The van der Waals surface area contributed by atoms with Crippen molar-refractivity contribution < 1.29 is 10.0 Å². The van der Waals surface area contributed by atoms with Crippen LogP contribution in [0.15, 0.2) is 58.4 Å². The summed E-state index contributed by atoms with van der Waals surface area (Å²) in [6.07, 6.45) is 1.14. The van der Waals surface area contributed by atoms with Crippen molar-refractivity contribution in [2.75, 3.05) is 5.43 Å². The van der Waals surface area contributed by atoms with Crippen LogP contribution in [0.1, 0.15) is 11.1 Å². The lowest BCUT2D eigenvalue weighted by Gasteiger charge is -2.06. The summed E-state index contributed by atoms with van der Waals surface area (Å²) in [4.78, 5) is 28.9. The highest BCUT2D eigenvalue weighted by molar-refractivity contribution is 5.84. The van der Waals surface area contributed by atoms with Crippen molar-refractivity contribution in [3.63, 3.8) is 0 Å². The van der Waals surface area contributed by atoms with E-state index >= 15 is 0 Å². The van der Waals surface area contributed by atoms with Crippen LogP contribution in [0.2, 0.25) is 0 Å². The van der Waals surface area contributed by atoms with Crippen LogP contribution in [-0.4, -0.2) is 26.2 Å². The molecule has 1 heterocycles. The summed E-state index contributed by atoms with van der Waals surface area (Å²) in [5, 5.41) is 33.7. The van der Waals surface area contributed by atoms with E-state index in [1.54, 1.807) is 30.3 Å². The lowest BCUT2D eigenvalue weighted by atomic mass is 10.1. The number of benzene rings is 2. The van der Waals surface area contributed by atoms with Crippen LogP contribution in [0.4, 0.5) is 11.6 Å². The number of nitrogens with zero attached hydrogens (tertiary/aromatic N) is 4. The fraction of sp³-hybridized carbons (Fsp3) is 0. The lowest BCUT2D eigenvalue weighted by molar-refractivity contribution is -0.384. The van der Waals surface area contributed by atoms with Crippen LogP contribution < -0.4 is 11.0 Å². The molecule has 0 amide bonds. The molecule has 0 aliphatic heterocycles. The van der Waals surface area contributed by atoms with E-state index in [-0.39, 0.29) is 34.2 Å². The van der Waals surface area contributed by atoms with Gasteiger partial charge in [0.2, 0.25) is 5.95 Å². The summed E-state index contributed by atoms with van der Waals surface area (Å²) in [7, 11) is 0. The Morgan fingerprint density at radius 3 is 2.71 bits per heavy atom. The molecule has 3 rings (SSSR count). The SMILES string of the molecule is N#Cc1c(-c2ccccc2)nc(NN=Cc2cc([N+](=O)[O-])ccc2O)[nH]c1=O. The van der Waals surface area contributed by atoms with Gasteiger partial charge in [-0.3, -0.25) is 19.9 Å². The maximum Gasteiger partial charge on any atom is 0.270 e. The minimum Gasteiger partial charge on any atom is -0.507 e. The van der Waals surface area contributed by atoms with E-state index in [2.05, 4.69) is 20.5 Å². The van der Waals surface area contributed by atoms with E-state index in [1.165, 1.54) is 6.07 Å². The number of nitro groups is 1. The summed E-state index contributed by atoms with van der Waals surface area (Å²) in [6, 6.07) is 14.0. The number of phenols is 1. The lowest BCUT2D eigenvalue weighted by Crippen LogP contribution is -2.16. The Balaban J connectivity index is 1.92. The molecule has 0 saturated carbocycles. The number of hydrazone groups is 1. The zero-order chi connectivity index (χ0) is 20.1. The van der Waals surface area contributed by atoms with Gasteiger partial charge in [-0.1, -0.05) is 30.3 Å². The Labute approximate surface area is 157 Å². The molecule has 0 aliphatic carbocycles. The number of anilines is 1. The number of hydrogen-bond donors (Lipinski definition) is 3. The number of nitrogens with one attached hydrogen (secondary N) is 2. The van der Waals surface area contributed by atoms with E-state index in [9.17, 15) is 25.3 Å². The van der Waals surface area contributed by atoms with Crippen LogP contribution in [-0.2, 0) is 0 Å². The Morgan fingerprint density at radius 2 is 2.04 bits per heavy atom. The molecule has 2 aromatic carbocycles.